The number of aryl methyl sites for hydroxylation is 2. The third kappa shape index (κ3) is 4.29. The number of anilines is 1. The Bertz CT molecular complexity index is 895. The van der Waals surface area contributed by atoms with Gasteiger partial charge >= 0.3 is 0 Å². The monoisotopic (exact) mass is 416 g/mol. The second-order valence-corrected chi connectivity index (χ2v) is 7.30. The molecule has 1 amide bonds. The minimum absolute atomic E-state index is 0.0824. The van der Waals surface area contributed by atoms with Gasteiger partial charge in [-0.15, -0.1) is 10.2 Å². The van der Waals surface area contributed by atoms with Crippen LogP contribution in [0, 0.1) is 13.8 Å². The third-order valence-corrected chi connectivity index (χ3v) is 5.38. The predicted octanol–water partition coefficient (Wildman–Crippen LogP) is 4.38. The molecular formula is C18H17BrN4OS. The van der Waals surface area contributed by atoms with Gasteiger partial charge in [-0.05, 0) is 43.7 Å². The number of thioether (sulfide) groups is 1. The fourth-order valence-electron chi connectivity index (χ4n) is 2.31. The molecule has 1 aromatic heterocycles. The van der Waals surface area contributed by atoms with Crippen LogP contribution in [0.2, 0.25) is 0 Å². The van der Waals surface area contributed by atoms with Gasteiger partial charge in [-0.3, -0.25) is 9.36 Å². The number of amides is 1. The summed E-state index contributed by atoms with van der Waals surface area (Å²) in [4.78, 5) is 12.2. The number of carbonyl (C=O) groups is 1. The molecule has 0 saturated heterocycles. The number of aromatic nitrogens is 3. The predicted molar refractivity (Wildman–Crippen MR) is 104 cm³/mol. The van der Waals surface area contributed by atoms with Crippen molar-refractivity contribution in [2.45, 2.75) is 19.0 Å². The molecule has 1 N–H and O–H groups in total. The van der Waals surface area contributed by atoms with Crippen molar-refractivity contribution in [1.29, 1.82) is 0 Å². The van der Waals surface area contributed by atoms with Crippen LogP contribution >= 0.6 is 27.7 Å². The smallest absolute Gasteiger partial charge is 0.234 e. The molecular weight excluding hydrogens is 400 g/mol. The lowest BCUT2D eigenvalue weighted by molar-refractivity contribution is -0.113. The van der Waals surface area contributed by atoms with Crippen molar-refractivity contribution >= 4 is 39.3 Å². The van der Waals surface area contributed by atoms with Gasteiger partial charge in [0.2, 0.25) is 5.91 Å². The van der Waals surface area contributed by atoms with E-state index in [2.05, 4.69) is 31.4 Å². The van der Waals surface area contributed by atoms with E-state index in [-0.39, 0.29) is 11.7 Å². The summed E-state index contributed by atoms with van der Waals surface area (Å²) >= 11 is 4.83. The summed E-state index contributed by atoms with van der Waals surface area (Å²) < 4.78 is 2.91. The molecule has 0 aliphatic rings. The summed E-state index contributed by atoms with van der Waals surface area (Å²) in [7, 11) is 0. The zero-order chi connectivity index (χ0) is 17.8. The number of benzene rings is 2. The molecule has 0 saturated carbocycles. The standard InChI is InChI=1S/C18H17BrN4OS/c1-12-8-9-14(10-16(12)19)20-17(24)11-25-18-22-21-13(2)23(18)15-6-4-3-5-7-15/h3-10H,11H2,1-2H3,(H,20,24). The van der Waals surface area contributed by atoms with E-state index in [0.29, 0.717) is 5.16 Å². The highest BCUT2D eigenvalue weighted by molar-refractivity contribution is 9.10. The molecule has 0 spiro atoms. The number of hydrogen-bond donors (Lipinski definition) is 1. The second kappa shape index (κ2) is 7.84. The molecule has 3 rings (SSSR count). The van der Waals surface area contributed by atoms with Crippen molar-refractivity contribution in [2.75, 3.05) is 11.1 Å². The lowest BCUT2D eigenvalue weighted by Gasteiger charge is -2.09. The summed E-state index contributed by atoms with van der Waals surface area (Å²) in [5, 5.41) is 11.9. The molecule has 2 aromatic carbocycles. The van der Waals surface area contributed by atoms with Crippen LogP contribution in [0.1, 0.15) is 11.4 Å². The number of para-hydroxylation sites is 1. The highest BCUT2D eigenvalue weighted by Gasteiger charge is 2.13. The molecule has 25 heavy (non-hydrogen) atoms. The summed E-state index contributed by atoms with van der Waals surface area (Å²) in [5.74, 6) is 0.966. The lowest BCUT2D eigenvalue weighted by Crippen LogP contribution is -2.14. The largest absolute Gasteiger partial charge is 0.325 e. The molecule has 7 heteroatoms. The summed E-state index contributed by atoms with van der Waals surface area (Å²) in [6.45, 7) is 3.90. The zero-order valence-corrected chi connectivity index (χ0v) is 16.3. The molecule has 5 nitrogen and oxygen atoms in total. The Labute approximate surface area is 159 Å². The lowest BCUT2D eigenvalue weighted by atomic mass is 10.2. The van der Waals surface area contributed by atoms with Crippen LogP contribution in [-0.2, 0) is 4.79 Å². The van der Waals surface area contributed by atoms with Crippen molar-refractivity contribution in [2.24, 2.45) is 0 Å². The van der Waals surface area contributed by atoms with E-state index in [0.717, 1.165) is 27.2 Å². The SMILES string of the molecule is Cc1ccc(NC(=O)CSc2nnc(C)n2-c2ccccc2)cc1Br. The van der Waals surface area contributed by atoms with E-state index < -0.39 is 0 Å². The zero-order valence-electron chi connectivity index (χ0n) is 13.9. The van der Waals surface area contributed by atoms with Crippen LogP contribution in [0.5, 0.6) is 0 Å². The number of nitrogens with zero attached hydrogens (tertiary/aromatic N) is 3. The van der Waals surface area contributed by atoms with Crippen LogP contribution in [0.25, 0.3) is 5.69 Å². The topological polar surface area (TPSA) is 59.8 Å². The molecule has 0 aliphatic heterocycles. The molecule has 0 fully saturated rings. The Kier molecular flexibility index (Phi) is 5.55. The van der Waals surface area contributed by atoms with Crippen molar-refractivity contribution in [3.63, 3.8) is 0 Å². The van der Waals surface area contributed by atoms with E-state index in [1.54, 1.807) is 0 Å². The Morgan fingerprint density at radius 2 is 1.92 bits per heavy atom. The molecule has 128 valence electrons. The van der Waals surface area contributed by atoms with E-state index in [9.17, 15) is 4.79 Å². The maximum atomic E-state index is 12.2. The quantitative estimate of drug-likeness (QED) is 0.626. The fraction of sp³-hybridized carbons (Fsp3) is 0.167. The first kappa shape index (κ1) is 17.7. The Hall–Kier alpha value is -2.12. The molecule has 0 aliphatic carbocycles. The summed E-state index contributed by atoms with van der Waals surface area (Å²) in [6, 6.07) is 15.6. The van der Waals surface area contributed by atoms with E-state index in [1.165, 1.54) is 11.8 Å². The van der Waals surface area contributed by atoms with Gasteiger partial charge in [0.05, 0.1) is 5.75 Å². The highest BCUT2D eigenvalue weighted by Crippen LogP contribution is 2.23. The first-order valence-corrected chi connectivity index (χ1v) is 9.48. The minimum atomic E-state index is -0.0824. The van der Waals surface area contributed by atoms with E-state index >= 15 is 0 Å². The van der Waals surface area contributed by atoms with Gasteiger partial charge in [0.25, 0.3) is 0 Å². The Balaban J connectivity index is 1.68. The van der Waals surface area contributed by atoms with Crippen LogP contribution in [0.15, 0.2) is 58.2 Å². The van der Waals surface area contributed by atoms with Gasteiger partial charge in [-0.1, -0.05) is 52.0 Å². The van der Waals surface area contributed by atoms with Gasteiger partial charge in [0.15, 0.2) is 5.16 Å². The molecule has 3 aromatic rings. The Morgan fingerprint density at radius 3 is 2.64 bits per heavy atom. The third-order valence-electron chi connectivity index (χ3n) is 3.60. The number of rotatable bonds is 5. The van der Waals surface area contributed by atoms with Gasteiger partial charge in [-0.25, -0.2) is 0 Å². The van der Waals surface area contributed by atoms with Crippen LogP contribution in [0.3, 0.4) is 0 Å². The first-order valence-electron chi connectivity index (χ1n) is 7.71. The van der Waals surface area contributed by atoms with Crippen molar-refractivity contribution in [3.8, 4) is 5.69 Å². The number of hydrogen-bond acceptors (Lipinski definition) is 4. The van der Waals surface area contributed by atoms with Crippen LogP contribution in [0.4, 0.5) is 5.69 Å². The van der Waals surface area contributed by atoms with E-state index in [1.807, 2.05) is 66.9 Å². The number of halogens is 1. The molecule has 0 atom stereocenters. The van der Waals surface area contributed by atoms with Gasteiger partial charge in [-0.2, -0.15) is 0 Å². The maximum absolute atomic E-state index is 12.2. The highest BCUT2D eigenvalue weighted by atomic mass is 79.9. The van der Waals surface area contributed by atoms with Crippen molar-refractivity contribution in [3.05, 3.63) is 64.4 Å². The molecule has 0 unspecified atom stereocenters. The summed E-state index contributed by atoms with van der Waals surface area (Å²) in [5.41, 5.74) is 2.87. The average molecular weight is 417 g/mol. The van der Waals surface area contributed by atoms with Crippen molar-refractivity contribution < 1.29 is 4.79 Å². The minimum Gasteiger partial charge on any atom is -0.325 e. The Morgan fingerprint density at radius 1 is 1.16 bits per heavy atom. The average Bonchev–Trinajstić information content (AvgIpc) is 2.98. The van der Waals surface area contributed by atoms with Gasteiger partial charge in [0, 0.05) is 15.8 Å². The van der Waals surface area contributed by atoms with E-state index in [4.69, 9.17) is 0 Å². The van der Waals surface area contributed by atoms with Gasteiger partial charge in [0.1, 0.15) is 5.82 Å². The van der Waals surface area contributed by atoms with Crippen molar-refractivity contribution in [1.82, 2.24) is 14.8 Å². The first-order chi connectivity index (χ1) is 12.0. The van der Waals surface area contributed by atoms with Gasteiger partial charge < -0.3 is 5.32 Å². The maximum Gasteiger partial charge on any atom is 0.234 e. The molecule has 0 radical (unpaired) electrons. The molecule has 0 bridgehead atoms. The van der Waals surface area contributed by atoms with Crippen LogP contribution in [-0.4, -0.2) is 26.4 Å². The fourth-order valence-corrected chi connectivity index (χ4v) is 3.48. The second-order valence-electron chi connectivity index (χ2n) is 5.50. The number of nitrogens with one attached hydrogen (secondary N) is 1. The number of carbonyl (C=O) groups excluding carboxylic acids is 1. The summed E-state index contributed by atoms with van der Waals surface area (Å²) in [6.07, 6.45) is 0. The molecule has 1 heterocycles. The van der Waals surface area contributed by atoms with Crippen LogP contribution < -0.4 is 5.32 Å². The normalized spacial score (nSPS) is 10.7.